The summed E-state index contributed by atoms with van der Waals surface area (Å²) in [7, 11) is 0. The standard InChI is InChI=1S/C22H25N5O2/c1-14-6-8-24-11-17(14)22(29)27-12-18-16(19(18)13-27)7-9-25-21(28)5-3-15-2-4-20(23)26-10-15/h2-6,8,10-11,16,18-19H,7,9,12-13H2,1H3,(H2,23,26)(H,25,28)/b5-3+/t16-,18-,19+. The van der Waals surface area contributed by atoms with Gasteiger partial charge in [0.2, 0.25) is 5.91 Å². The van der Waals surface area contributed by atoms with E-state index in [1.54, 1.807) is 30.7 Å². The van der Waals surface area contributed by atoms with Gasteiger partial charge in [0.05, 0.1) is 5.56 Å². The first-order valence-corrected chi connectivity index (χ1v) is 9.90. The minimum absolute atomic E-state index is 0.0807. The molecule has 2 aliphatic rings. The molecular weight excluding hydrogens is 366 g/mol. The zero-order valence-corrected chi connectivity index (χ0v) is 16.4. The molecule has 1 aliphatic heterocycles. The summed E-state index contributed by atoms with van der Waals surface area (Å²) in [6.45, 7) is 4.20. The lowest BCUT2D eigenvalue weighted by molar-refractivity contribution is -0.116. The highest BCUT2D eigenvalue weighted by atomic mass is 16.2. The van der Waals surface area contributed by atoms with Crippen molar-refractivity contribution < 1.29 is 9.59 Å². The van der Waals surface area contributed by atoms with Crippen LogP contribution in [-0.4, -0.2) is 46.3 Å². The van der Waals surface area contributed by atoms with Crippen LogP contribution in [0.1, 0.15) is 27.9 Å². The Bertz CT molecular complexity index is 928. The van der Waals surface area contributed by atoms with Crippen LogP contribution in [0.2, 0.25) is 0 Å². The average molecular weight is 391 g/mol. The van der Waals surface area contributed by atoms with Crippen molar-refractivity contribution in [2.45, 2.75) is 13.3 Å². The van der Waals surface area contributed by atoms with Gasteiger partial charge in [0, 0.05) is 44.3 Å². The van der Waals surface area contributed by atoms with Gasteiger partial charge in [0.25, 0.3) is 5.91 Å². The molecule has 0 aromatic carbocycles. The normalized spacial score (nSPS) is 22.5. The summed E-state index contributed by atoms with van der Waals surface area (Å²) in [6, 6.07) is 5.39. The number of likely N-dealkylation sites (tertiary alicyclic amines) is 1. The molecule has 1 saturated heterocycles. The second kappa shape index (κ2) is 8.03. The molecule has 0 spiro atoms. The molecule has 3 N–H and O–H groups in total. The summed E-state index contributed by atoms with van der Waals surface area (Å²) in [5.41, 5.74) is 8.04. The molecule has 1 aliphatic carbocycles. The number of carbonyl (C=O) groups is 2. The molecule has 0 bridgehead atoms. The third-order valence-corrected chi connectivity index (χ3v) is 5.94. The molecule has 2 amide bonds. The van der Waals surface area contributed by atoms with Crippen LogP contribution in [0.5, 0.6) is 0 Å². The molecule has 1 saturated carbocycles. The third kappa shape index (κ3) is 4.29. The fourth-order valence-electron chi connectivity index (χ4n) is 4.21. The summed E-state index contributed by atoms with van der Waals surface area (Å²) in [5.74, 6) is 2.14. The number of anilines is 1. The van der Waals surface area contributed by atoms with Crippen molar-refractivity contribution in [3.05, 3.63) is 59.6 Å². The molecule has 2 aromatic rings. The number of hydrogen-bond acceptors (Lipinski definition) is 5. The minimum atomic E-state index is -0.114. The monoisotopic (exact) mass is 391 g/mol. The number of hydrogen-bond donors (Lipinski definition) is 2. The zero-order chi connectivity index (χ0) is 20.4. The van der Waals surface area contributed by atoms with Crippen LogP contribution < -0.4 is 11.1 Å². The Labute approximate surface area is 170 Å². The highest BCUT2D eigenvalue weighted by Gasteiger charge is 2.55. The Morgan fingerprint density at radius 1 is 1.24 bits per heavy atom. The molecule has 0 radical (unpaired) electrons. The number of nitrogens with two attached hydrogens (primary N) is 1. The number of pyridine rings is 2. The topological polar surface area (TPSA) is 101 Å². The summed E-state index contributed by atoms with van der Waals surface area (Å²) in [4.78, 5) is 34.6. The van der Waals surface area contributed by atoms with Gasteiger partial charge in [-0.05, 0) is 66.5 Å². The number of carbonyl (C=O) groups excluding carboxylic acids is 2. The second-order valence-electron chi connectivity index (χ2n) is 7.82. The first-order valence-electron chi connectivity index (χ1n) is 9.90. The fourth-order valence-corrected chi connectivity index (χ4v) is 4.21. The van der Waals surface area contributed by atoms with Crippen molar-refractivity contribution in [2.75, 3.05) is 25.4 Å². The molecular formula is C22H25N5O2. The van der Waals surface area contributed by atoms with E-state index < -0.39 is 0 Å². The highest BCUT2D eigenvalue weighted by molar-refractivity contribution is 5.95. The summed E-state index contributed by atoms with van der Waals surface area (Å²) in [5, 5.41) is 2.93. The van der Waals surface area contributed by atoms with E-state index in [2.05, 4.69) is 15.3 Å². The largest absolute Gasteiger partial charge is 0.384 e. The fraction of sp³-hybridized carbons (Fsp3) is 0.364. The maximum Gasteiger partial charge on any atom is 0.255 e. The van der Waals surface area contributed by atoms with Crippen LogP contribution in [0.25, 0.3) is 6.08 Å². The average Bonchev–Trinajstić information content (AvgIpc) is 3.16. The van der Waals surface area contributed by atoms with Crippen LogP contribution in [0.15, 0.2) is 42.9 Å². The lowest BCUT2D eigenvalue weighted by Gasteiger charge is -2.20. The summed E-state index contributed by atoms with van der Waals surface area (Å²) >= 11 is 0. The van der Waals surface area contributed by atoms with E-state index in [4.69, 9.17) is 5.73 Å². The van der Waals surface area contributed by atoms with Crippen molar-refractivity contribution in [3.63, 3.8) is 0 Å². The first kappa shape index (κ1) is 19.1. The maximum absolute atomic E-state index is 12.7. The van der Waals surface area contributed by atoms with Gasteiger partial charge in [-0.2, -0.15) is 0 Å². The van der Waals surface area contributed by atoms with Crippen molar-refractivity contribution in [1.82, 2.24) is 20.2 Å². The molecule has 7 nitrogen and oxygen atoms in total. The van der Waals surface area contributed by atoms with Crippen LogP contribution in [-0.2, 0) is 4.79 Å². The van der Waals surface area contributed by atoms with Gasteiger partial charge in [-0.3, -0.25) is 14.6 Å². The summed E-state index contributed by atoms with van der Waals surface area (Å²) < 4.78 is 0. The number of nitrogens with zero attached hydrogens (tertiary/aromatic N) is 3. The quantitative estimate of drug-likeness (QED) is 0.733. The van der Waals surface area contributed by atoms with Gasteiger partial charge in [-0.25, -0.2) is 4.98 Å². The summed E-state index contributed by atoms with van der Waals surface area (Å²) in [6.07, 6.45) is 9.17. The Hall–Kier alpha value is -3.22. The number of aromatic nitrogens is 2. The predicted molar refractivity (Wildman–Crippen MR) is 111 cm³/mol. The smallest absolute Gasteiger partial charge is 0.255 e. The Morgan fingerprint density at radius 3 is 2.72 bits per heavy atom. The molecule has 150 valence electrons. The van der Waals surface area contributed by atoms with Crippen LogP contribution >= 0.6 is 0 Å². The molecule has 29 heavy (non-hydrogen) atoms. The van der Waals surface area contributed by atoms with Gasteiger partial charge in [0.1, 0.15) is 5.82 Å². The van der Waals surface area contributed by atoms with Gasteiger partial charge < -0.3 is 16.0 Å². The van der Waals surface area contributed by atoms with Crippen LogP contribution in [0.3, 0.4) is 0 Å². The number of amides is 2. The Balaban J connectivity index is 1.18. The van der Waals surface area contributed by atoms with Gasteiger partial charge in [-0.1, -0.05) is 0 Å². The van der Waals surface area contributed by atoms with Gasteiger partial charge in [0.15, 0.2) is 0 Å². The number of piperidine rings is 1. The third-order valence-electron chi connectivity index (χ3n) is 5.94. The first-order chi connectivity index (χ1) is 14.0. The zero-order valence-electron chi connectivity index (χ0n) is 16.4. The van der Waals surface area contributed by atoms with E-state index in [0.29, 0.717) is 35.7 Å². The minimum Gasteiger partial charge on any atom is -0.384 e. The predicted octanol–water partition coefficient (Wildman–Crippen LogP) is 1.90. The van der Waals surface area contributed by atoms with E-state index in [1.807, 2.05) is 24.0 Å². The molecule has 0 unspecified atom stereocenters. The number of nitrogens with one attached hydrogen (secondary N) is 1. The van der Waals surface area contributed by atoms with Crippen LogP contribution in [0, 0.1) is 24.7 Å². The number of rotatable bonds is 6. The van der Waals surface area contributed by atoms with E-state index in [9.17, 15) is 9.59 Å². The van der Waals surface area contributed by atoms with Gasteiger partial charge in [-0.15, -0.1) is 0 Å². The highest BCUT2D eigenvalue weighted by Crippen LogP contribution is 2.53. The Morgan fingerprint density at radius 2 is 2.03 bits per heavy atom. The molecule has 3 heterocycles. The van der Waals surface area contributed by atoms with E-state index in [1.165, 1.54) is 6.08 Å². The number of aryl methyl sites for hydroxylation is 1. The molecule has 2 fully saturated rings. The second-order valence-corrected chi connectivity index (χ2v) is 7.82. The molecule has 7 heteroatoms. The van der Waals surface area contributed by atoms with E-state index in [-0.39, 0.29) is 11.8 Å². The van der Waals surface area contributed by atoms with E-state index in [0.717, 1.165) is 30.6 Å². The van der Waals surface area contributed by atoms with Gasteiger partial charge >= 0.3 is 0 Å². The number of nitrogen functional groups attached to an aromatic ring is 1. The molecule has 2 aromatic heterocycles. The van der Waals surface area contributed by atoms with Crippen molar-refractivity contribution in [1.29, 1.82) is 0 Å². The molecule has 4 rings (SSSR count). The maximum atomic E-state index is 12.7. The molecule has 3 atom stereocenters. The Kier molecular flexibility index (Phi) is 5.29. The van der Waals surface area contributed by atoms with Crippen molar-refractivity contribution >= 4 is 23.7 Å². The van der Waals surface area contributed by atoms with Crippen molar-refractivity contribution in [2.24, 2.45) is 17.8 Å². The lowest BCUT2D eigenvalue weighted by Crippen LogP contribution is -2.32. The van der Waals surface area contributed by atoms with E-state index >= 15 is 0 Å². The SMILES string of the molecule is Cc1ccncc1C(=O)N1C[C@@H]2[C@@H](CCNC(=O)/C=C/c3ccc(N)nc3)[C@@H]2C1. The lowest BCUT2D eigenvalue weighted by atomic mass is 10.1. The van der Waals surface area contributed by atoms with Crippen LogP contribution in [0.4, 0.5) is 5.82 Å². The number of fused-ring (bicyclic) bond motifs is 1. The van der Waals surface area contributed by atoms with Crippen molar-refractivity contribution in [3.8, 4) is 0 Å².